The molecule has 0 bridgehead atoms. The number of rotatable bonds is 20. The molecule has 6 atom stereocenters. The van der Waals surface area contributed by atoms with Crippen molar-refractivity contribution in [3.05, 3.63) is 186 Å². The summed E-state index contributed by atoms with van der Waals surface area (Å²) in [4.78, 5) is 75.1. The van der Waals surface area contributed by atoms with Gasteiger partial charge in [0.05, 0.1) is 37.7 Å². The van der Waals surface area contributed by atoms with Gasteiger partial charge in [-0.05, 0) is 84.6 Å². The number of pyridine rings is 2. The fraction of sp³-hybridized carbons (Fsp3) is 0.493. The Morgan fingerprint density at radius 3 is 1.37 bits per heavy atom. The van der Waals surface area contributed by atoms with Gasteiger partial charge in [-0.3, -0.25) is 38.8 Å². The van der Waals surface area contributed by atoms with Gasteiger partial charge in [-0.1, -0.05) is 88.4 Å². The summed E-state index contributed by atoms with van der Waals surface area (Å²) in [6.45, 7) is 23.1. The Morgan fingerprint density at radius 2 is 0.956 bits per heavy atom. The quantitative estimate of drug-likeness (QED) is 0.0675. The van der Waals surface area contributed by atoms with Crippen molar-refractivity contribution in [1.29, 1.82) is 0 Å². The van der Waals surface area contributed by atoms with E-state index in [2.05, 4.69) is 93.9 Å². The summed E-state index contributed by atoms with van der Waals surface area (Å²) in [5.41, 5.74) is 6.46. The fourth-order valence-corrected chi connectivity index (χ4v) is 14.2. The second-order valence-electron chi connectivity index (χ2n) is 27.4. The van der Waals surface area contributed by atoms with E-state index in [1.54, 1.807) is 24.3 Å². The predicted octanol–water partition coefficient (Wildman–Crippen LogP) is 6.25. The molecular formula is C71H88F2N10O8. The number of nitrogens with zero attached hydrogens (tertiary/aromatic N) is 6. The number of aromatic nitrogens is 2. The van der Waals surface area contributed by atoms with E-state index in [1.807, 2.05) is 58.3 Å². The van der Waals surface area contributed by atoms with Crippen molar-refractivity contribution in [3.8, 4) is 11.5 Å². The van der Waals surface area contributed by atoms with Crippen LogP contribution in [0.1, 0.15) is 86.3 Å². The number of carbonyl (C=O) groups is 2. The van der Waals surface area contributed by atoms with E-state index < -0.39 is 10.8 Å². The summed E-state index contributed by atoms with van der Waals surface area (Å²) in [6, 6.07) is 32.9. The number of piperazine rings is 2. The number of benzene rings is 4. The highest BCUT2D eigenvalue weighted by atomic mass is 19.1. The average Bonchev–Trinajstić information content (AvgIpc) is 1.62. The molecule has 8 heterocycles. The summed E-state index contributed by atoms with van der Waals surface area (Å²) in [7, 11) is 0. The van der Waals surface area contributed by atoms with Crippen molar-refractivity contribution < 1.29 is 37.3 Å². The first-order chi connectivity index (χ1) is 43.8. The van der Waals surface area contributed by atoms with Gasteiger partial charge in [0.1, 0.15) is 48.6 Å². The monoisotopic (exact) mass is 1250 g/mol. The van der Waals surface area contributed by atoms with Gasteiger partial charge in [-0.2, -0.15) is 0 Å². The molecule has 484 valence electrons. The molecular weight excluding hydrogens is 1160 g/mol. The van der Waals surface area contributed by atoms with Gasteiger partial charge in [0.2, 0.25) is 11.8 Å². The van der Waals surface area contributed by atoms with Crippen molar-refractivity contribution in [2.24, 2.45) is 0 Å². The summed E-state index contributed by atoms with van der Waals surface area (Å²) < 4.78 is 53.4. The highest BCUT2D eigenvalue weighted by Crippen LogP contribution is 2.41. The lowest BCUT2D eigenvalue weighted by molar-refractivity contribution is -0.121. The van der Waals surface area contributed by atoms with Crippen LogP contribution in [0.2, 0.25) is 0 Å². The molecule has 4 fully saturated rings. The van der Waals surface area contributed by atoms with Crippen molar-refractivity contribution in [1.82, 2.24) is 40.2 Å². The zero-order chi connectivity index (χ0) is 63.6. The number of hydrogen-bond acceptors (Lipinski definition) is 14. The molecule has 2 amide bonds. The number of anilines is 2. The average molecular weight is 1250 g/mol. The van der Waals surface area contributed by atoms with Crippen molar-refractivity contribution in [3.63, 3.8) is 0 Å². The topological polar surface area (TPSA) is 180 Å². The highest BCUT2D eigenvalue weighted by Gasteiger charge is 2.43. The molecule has 6 aromatic rings. The number of hydrogen-bond donors (Lipinski definition) is 4. The molecule has 4 aromatic carbocycles. The van der Waals surface area contributed by atoms with Gasteiger partial charge in [0.15, 0.2) is 0 Å². The molecule has 0 aliphatic carbocycles. The molecule has 0 unspecified atom stereocenters. The van der Waals surface area contributed by atoms with Crippen LogP contribution in [0.15, 0.2) is 119 Å². The molecule has 91 heavy (non-hydrogen) atoms. The predicted molar refractivity (Wildman–Crippen MR) is 348 cm³/mol. The van der Waals surface area contributed by atoms with E-state index in [-0.39, 0.29) is 84.0 Å². The molecule has 4 N–H and O–H groups in total. The number of fused-ring (bicyclic) bond motifs is 2. The first-order valence-electron chi connectivity index (χ1n) is 32.4. The first kappa shape index (κ1) is 64.0. The Hall–Kier alpha value is -7.14. The molecule has 0 spiro atoms. The zero-order valence-corrected chi connectivity index (χ0v) is 53.4. The molecule has 0 saturated carbocycles. The third-order valence-corrected chi connectivity index (χ3v) is 19.1. The van der Waals surface area contributed by atoms with E-state index in [0.29, 0.717) is 96.1 Å². The van der Waals surface area contributed by atoms with Crippen LogP contribution in [-0.2, 0) is 49.2 Å². The Balaban J connectivity index is 0.630. The van der Waals surface area contributed by atoms with Gasteiger partial charge in [0, 0.05) is 155 Å². The van der Waals surface area contributed by atoms with E-state index in [0.717, 1.165) is 95.8 Å². The SMILES string of the molecule is C[C@@H]1CN(CC(=O)N2CC(C)(C)c3[nH]c(=O)c(Cc4ccc(F)cc4)cc32)[C@@H](CN2CCO[C@H](COc3ccccc3Cc3ccccc3OC[C@@H]3CN(C[C@H]4CN[C@H](C)CN4CC(=O)N4CC(C)(C)c5[nH]c(=O)c(Cc6ccc(F)cc6)cc54)CCO3)C2)CN1. The molecule has 12 rings (SSSR count). The summed E-state index contributed by atoms with van der Waals surface area (Å²) >= 11 is 0. The van der Waals surface area contributed by atoms with Gasteiger partial charge >= 0.3 is 0 Å². The largest absolute Gasteiger partial charge is 0.491 e. The van der Waals surface area contributed by atoms with Gasteiger partial charge in [-0.25, -0.2) is 8.78 Å². The zero-order valence-electron chi connectivity index (χ0n) is 53.4. The molecule has 0 radical (unpaired) electrons. The second kappa shape index (κ2) is 27.6. The van der Waals surface area contributed by atoms with Crippen LogP contribution in [0, 0.1) is 11.6 Å². The fourth-order valence-electron chi connectivity index (χ4n) is 14.2. The highest BCUT2D eigenvalue weighted by molar-refractivity contribution is 5.98. The molecule has 2 aromatic heterocycles. The standard InChI is InChI=1S/C71H88F2N10O8/c1-46-34-80(40-64(84)82-44-70(3,4)66-60(82)30-52(68(86)76-66)27-48-15-19-54(72)20-16-48)56(32-74-46)36-78-23-25-88-58(38-78)42-90-62-13-9-7-11-50(62)29-51-12-8-10-14-63(51)91-43-59-39-79(24-26-89-59)37-57-33-75-47(2)35-81(57)41-65(85)83-45-71(5,6)67-61(83)31-53(69(87)77-67)28-49-17-21-55(73)22-18-49/h7-22,30-31,46-47,56-59,74-75H,23-29,32-45H2,1-6H3,(H,76,86)(H,77,87)/t46-,47-,56-,57-,58+,59+/m1/s1. The second-order valence-corrected chi connectivity index (χ2v) is 27.4. The Kier molecular flexibility index (Phi) is 19.4. The van der Waals surface area contributed by atoms with Crippen molar-refractivity contribution >= 4 is 23.2 Å². The van der Waals surface area contributed by atoms with Gasteiger partial charge in [0.25, 0.3) is 11.1 Å². The number of halogens is 2. The van der Waals surface area contributed by atoms with E-state index in [9.17, 15) is 28.0 Å². The van der Waals surface area contributed by atoms with Crippen LogP contribution < -0.4 is 41.0 Å². The maximum atomic E-state index is 14.5. The Labute approximate surface area is 532 Å². The minimum absolute atomic E-state index is 0.00902. The lowest BCUT2D eigenvalue weighted by atomic mass is 9.91. The Bertz CT molecular complexity index is 3440. The van der Waals surface area contributed by atoms with Crippen LogP contribution in [0.5, 0.6) is 11.5 Å². The third kappa shape index (κ3) is 15.2. The van der Waals surface area contributed by atoms with E-state index in [4.69, 9.17) is 18.9 Å². The van der Waals surface area contributed by atoms with E-state index >= 15 is 0 Å². The van der Waals surface area contributed by atoms with Crippen LogP contribution >= 0.6 is 0 Å². The van der Waals surface area contributed by atoms with Crippen LogP contribution in [0.3, 0.4) is 0 Å². The maximum absolute atomic E-state index is 14.5. The number of ether oxygens (including phenoxy) is 4. The number of nitrogens with one attached hydrogen (secondary N) is 4. The lowest BCUT2D eigenvalue weighted by Gasteiger charge is -2.43. The number of H-pyrrole nitrogens is 2. The maximum Gasteiger partial charge on any atom is 0.251 e. The number of amides is 2. The lowest BCUT2D eigenvalue weighted by Crippen LogP contribution is -2.61. The molecule has 4 saturated heterocycles. The number of carbonyl (C=O) groups excluding carboxylic acids is 2. The number of morpholine rings is 2. The van der Waals surface area contributed by atoms with Crippen LogP contribution in [-0.4, -0.2) is 196 Å². The minimum Gasteiger partial charge on any atom is -0.491 e. The minimum atomic E-state index is -0.447. The van der Waals surface area contributed by atoms with Crippen molar-refractivity contribution in [2.75, 3.05) is 128 Å². The van der Waals surface area contributed by atoms with E-state index in [1.165, 1.54) is 24.3 Å². The number of aromatic amines is 2. The smallest absolute Gasteiger partial charge is 0.251 e. The normalized spacial score (nSPS) is 23.6. The first-order valence-corrected chi connectivity index (χ1v) is 32.4. The third-order valence-electron chi connectivity index (χ3n) is 19.1. The number of para-hydroxylation sites is 2. The van der Waals surface area contributed by atoms with Gasteiger partial charge in [-0.15, -0.1) is 0 Å². The summed E-state index contributed by atoms with van der Waals surface area (Å²) in [5, 5.41) is 7.32. The van der Waals surface area contributed by atoms with Crippen LogP contribution in [0.4, 0.5) is 20.2 Å². The van der Waals surface area contributed by atoms with Crippen LogP contribution in [0.25, 0.3) is 0 Å². The van der Waals surface area contributed by atoms with Gasteiger partial charge < -0.3 is 49.3 Å². The summed E-state index contributed by atoms with van der Waals surface area (Å²) in [6.07, 6.45) is 0.917. The Morgan fingerprint density at radius 1 is 0.549 bits per heavy atom. The molecule has 20 heteroatoms. The molecule has 18 nitrogen and oxygen atoms in total. The molecule has 6 aliphatic rings. The summed E-state index contributed by atoms with van der Waals surface area (Å²) in [5.74, 6) is 0.898. The molecule has 6 aliphatic heterocycles. The van der Waals surface area contributed by atoms with Crippen molar-refractivity contribution in [2.45, 2.75) is 108 Å².